The molecule has 0 saturated carbocycles. The Hall–Kier alpha value is -1.43. The molecule has 0 amide bonds. The van der Waals surface area contributed by atoms with Crippen molar-refractivity contribution in [2.24, 2.45) is 5.92 Å². The Morgan fingerprint density at radius 1 is 1.47 bits per heavy atom. The van der Waals surface area contributed by atoms with Crippen molar-refractivity contribution in [2.75, 3.05) is 20.3 Å². The fourth-order valence-electron chi connectivity index (χ4n) is 1.92. The molecule has 0 aliphatic heterocycles. The number of carbonyl (C=O) groups is 1. The minimum absolute atomic E-state index is 0.233. The van der Waals surface area contributed by atoms with Crippen LogP contribution < -0.4 is 0 Å². The normalized spacial score (nSPS) is 12.7. The first-order valence-electron chi connectivity index (χ1n) is 6.63. The van der Waals surface area contributed by atoms with Crippen molar-refractivity contribution in [3.8, 4) is 0 Å². The maximum absolute atomic E-state index is 12.1. The summed E-state index contributed by atoms with van der Waals surface area (Å²) in [5.41, 5.74) is 0. The summed E-state index contributed by atoms with van der Waals surface area (Å²) in [6.45, 7) is 7.51. The highest BCUT2D eigenvalue weighted by Gasteiger charge is 2.27. The first kappa shape index (κ1) is 15.6. The van der Waals surface area contributed by atoms with Gasteiger partial charge in [-0.3, -0.25) is 4.79 Å². The Bertz CT molecular complexity index is 390. The molecule has 0 aromatic carbocycles. The van der Waals surface area contributed by atoms with E-state index in [0.717, 1.165) is 0 Å². The molecule has 0 spiro atoms. The molecular formula is C13H23N3O3. The zero-order valence-corrected chi connectivity index (χ0v) is 12.1. The van der Waals surface area contributed by atoms with Gasteiger partial charge in [-0.05, 0) is 19.3 Å². The van der Waals surface area contributed by atoms with Gasteiger partial charge in [0.25, 0.3) is 0 Å². The molecule has 1 aromatic rings. The summed E-state index contributed by atoms with van der Waals surface area (Å²) in [6, 6.07) is 0. The van der Waals surface area contributed by atoms with Gasteiger partial charge in [-0.15, -0.1) is 10.2 Å². The standard InChI is InChI=1S/C13H23N3O3/c1-5-19-13(17)11(8-10(2)3)12-15-14-9-16(12)6-7-18-4/h9-11H,5-8H2,1-4H3. The number of hydrogen-bond acceptors (Lipinski definition) is 5. The lowest BCUT2D eigenvalue weighted by molar-refractivity contribution is -0.145. The number of esters is 1. The molecule has 1 atom stereocenters. The van der Waals surface area contributed by atoms with Crippen molar-refractivity contribution in [3.05, 3.63) is 12.2 Å². The van der Waals surface area contributed by atoms with E-state index < -0.39 is 0 Å². The smallest absolute Gasteiger partial charge is 0.316 e. The minimum atomic E-state index is -0.362. The highest BCUT2D eigenvalue weighted by molar-refractivity contribution is 5.77. The van der Waals surface area contributed by atoms with Gasteiger partial charge in [0.15, 0.2) is 0 Å². The van der Waals surface area contributed by atoms with E-state index in [1.54, 1.807) is 20.4 Å². The maximum Gasteiger partial charge on any atom is 0.316 e. The van der Waals surface area contributed by atoms with Gasteiger partial charge in [0.2, 0.25) is 0 Å². The van der Waals surface area contributed by atoms with Gasteiger partial charge in [-0.2, -0.15) is 0 Å². The lowest BCUT2D eigenvalue weighted by Crippen LogP contribution is -2.22. The molecule has 0 fully saturated rings. The van der Waals surface area contributed by atoms with Crippen molar-refractivity contribution < 1.29 is 14.3 Å². The van der Waals surface area contributed by atoms with Crippen molar-refractivity contribution >= 4 is 5.97 Å². The van der Waals surface area contributed by atoms with Crippen LogP contribution in [0.2, 0.25) is 0 Å². The summed E-state index contributed by atoms with van der Waals surface area (Å²) in [4.78, 5) is 12.1. The summed E-state index contributed by atoms with van der Waals surface area (Å²) < 4.78 is 12.0. The molecule has 0 N–H and O–H groups in total. The number of carbonyl (C=O) groups excluding carboxylic acids is 1. The van der Waals surface area contributed by atoms with Crippen LogP contribution in [-0.2, 0) is 20.8 Å². The van der Waals surface area contributed by atoms with E-state index in [0.29, 0.717) is 37.9 Å². The van der Waals surface area contributed by atoms with E-state index in [4.69, 9.17) is 9.47 Å². The third-order valence-electron chi connectivity index (χ3n) is 2.77. The molecule has 1 unspecified atom stereocenters. The van der Waals surface area contributed by atoms with E-state index in [1.807, 2.05) is 4.57 Å². The number of rotatable bonds is 8. The number of aromatic nitrogens is 3. The number of nitrogens with zero attached hydrogens (tertiary/aromatic N) is 3. The molecular weight excluding hydrogens is 246 g/mol. The number of methoxy groups -OCH3 is 1. The summed E-state index contributed by atoms with van der Waals surface area (Å²) in [5, 5.41) is 7.98. The van der Waals surface area contributed by atoms with Crippen LogP contribution in [0.4, 0.5) is 0 Å². The van der Waals surface area contributed by atoms with Crippen LogP contribution in [0.5, 0.6) is 0 Å². The molecule has 1 rings (SSSR count). The highest BCUT2D eigenvalue weighted by atomic mass is 16.5. The van der Waals surface area contributed by atoms with E-state index in [-0.39, 0.29) is 11.9 Å². The van der Waals surface area contributed by atoms with Crippen LogP contribution >= 0.6 is 0 Å². The Balaban J connectivity index is 2.90. The Morgan fingerprint density at radius 3 is 2.79 bits per heavy atom. The fourth-order valence-corrected chi connectivity index (χ4v) is 1.92. The van der Waals surface area contributed by atoms with Crippen molar-refractivity contribution in [2.45, 2.75) is 39.7 Å². The first-order valence-corrected chi connectivity index (χ1v) is 6.63. The average Bonchev–Trinajstić information content (AvgIpc) is 2.81. The van der Waals surface area contributed by atoms with E-state index in [2.05, 4.69) is 24.0 Å². The van der Waals surface area contributed by atoms with Crippen LogP contribution in [-0.4, -0.2) is 41.1 Å². The maximum atomic E-state index is 12.1. The Labute approximate surface area is 114 Å². The number of hydrogen-bond donors (Lipinski definition) is 0. The highest BCUT2D eigenvalue weighted by Crippen LogP contribution is 2.23. The second-order valence-corrected chi connectivity index (χ2v) is 4.81. The van der Waals surface area contributed by atoms with Gasteiger partial charge >= 0.3 is 5.97 Å². The predicted octanol–water partition coefficient (Wildman–Crippen LogP) is 1.62. The SMILES string of the molecule is CCOC(=O)C(CC(C)C)c1nncn1CCOC. The summed E-state index contributed by atoms with van der Waals surface area (Å²) in [6.07, 6.45) is 2.32. The van der Waals surface area contributed by atoms with Gasteiger partial charge in [0, 0.05) is 13.7 Å². The number of ether oxygens (including phenoxy) is 2. The zero-order valence-electron chi connectivity index (χ0n) is 12.1. The molecule has 1 heterocycles. The second-order valence-electron chi connectivity index (χ2n) is 4.81. The molecule has 6 nitrogen and oxygen atoms in total. The Kier molecular flexibility index (Phi) is 6.49. The lowest BCUT2D eigenvalue weighted by atomic mass is 9.96. The van der Waals surface area contributed by atoms with E-state index in [1.165, 1.54) is 0 Å². The van der Waals surface area contributed by atoms with E-state index >= 15 is 0 Å². The van der Waals surface area contributed by atoms with Crippen molar-refractivity contribution in [3.63, 3.8) is 0 Å². The van der Waals surface area contributed by atoms with Crippen LogP contribution in [0.25, 0.3) is 0 Å². The van der Waals surface area contributed by atoms with E-state index in [9.17, 15) is 4.79 Å². The summed E-state index contributed by atoms with van der Waals surface area (Å²) in [7, 11) is 1.64. The van der Waals surface area contributed by atoms with Crippen LogP contribution in [0.3, 0.4) is 0 Å². The molecule has 0 saturated heterocycles. The molecule has 0 radical (unpaired) electrons. The quantitative estimate of drug-likeness (QED) is 0.671. The van der Waals surface area contributed by atoms with Crippen molar-refractivity contribution in [1.82, 2.24) is 14.8 Å². The zero-order chi connectivity index (χ0) is 14.3. The molecule has 0 aliphatic rings. The third-order valence-corrected chi connectivity index (χ3v) is 2.77. The van der Waals surface area contributed by atoms with Gasteiger partial charge < -0.3 is 14.0 Å². The molecule has 0 bridgehead atoms. The predicted molar refractivity (Wildman–Crippen MR) is 70.7 cm³/mol. The lowest BCUT2D eigenvalue weighted by Gasteiger charge is -2.17. The molecule has 19 heavy (non-hydrogen) atoms. The van der Waals surface area contributed by atoms with Crippen molar-refractivity contribution in [1.29, 1.82) is 0 Å². The first-order chi connectivity index (χ1) is 9.10. The molecule has 0 aliphatic carbocycles. The minimum Gasteiger partial charge on any atom is -0.465 e. The van der Waals surface area contributed by atoms with Crippen LogP contribution in [0.1, 0.15) is 38.9 Å². The largest absolute Gasteiger partial charge is 0.465 e. The van der Waals surface area contributed by atoms with Gasteiger partial charge in [-0.25, -0.2) is 0 Å². The second kappa shape index (κ2) is 7.89. The monoisotopic (exact) mass is 269 g/mol. The molecule has 1 aromatic heterocycles. The van der Waals surface area contributed by atoms with Gasteiger partial charge in [0.05, 0.1) is 13.2 Å². The van der Waals surface area contributed by atoms with Gasteiger partial charge in [-0.1, -0.05) is 13.8 Å². The summed E-state index contributed by atoms with van der Waals surface area (Å²) in [5.74, 6) is 0.438. The average molecular weight is 269 g/mol. The molecule has 6 heteroatoms. The van der Waals surface area contributed by atoms with Gasteiger partial charge in [0.1, 0.15) is 18.1 Å². The van der Waals surface area contributed by atoms with Crippen LogP contribution in [0.15, 0.2) is 6.33 Å². The summed E-state index contributed by atoms with van der Waals surface area (Å²) >= 11 is 0. The third kappa shape index (κ3) is 4.63. The Morgan fingerprint density at radius 2 is 2.21 bits per heavy atom. The molecule has 108 valence electrons. The fraction of sp³-hybridized carbons (Fsp3) is 0.769. The van der Waals surface area contributed by atoms with Crippen LogP contribution in [0, 0.1) is 5.92 Å². The topological polar surface area (TPSA) is 66.2 Å².